The molecule has 0 aromatic heterocycles. The molecule has 6 rings (SSSR count). The lowest BCUT2D eigenvalue weighted by atomic mass is 9.46. The predicted molar refractivity (Wildman–Crippen MR) is 111 cm³/mol. The third-order valence-corrected chi connectivity index (χ3v) is 8.87. The number of nitriles is 1. The molecule has 4 bridgehead atoms. The van der Waals surface area contributed by atoms with Crippen LogP contribution in [0.2, 0.25) is 0 Å². The molecule has 0 aromatic carbocycles. The Kier molecular flexibility index (Phi) is 4.89. The van der Waals surface area contributed by atoms with E-state index in [0.717, 1.165) is 44.9 Å². The Hall–Kier alpha value is -1.69. The van der Waals surface area contributed by atoms with E-state index in [-0.39, 0.29) is 30.0 Å². The van der Waals surface area contributed by atoms with Crippen molar-refractivity contribution in [1.82, 2.24) is 9.80 Å². The zero-order valence-electron chi connectivity index (χ0n) is 18.5. The fourth-order valence-corrected chi connectivity index (χ4v) is 7.77. The lowest BCUT2D eigenvalue weighted by Crippen LogP contribution is -2.66. The molecule has 6 aliphatic rings. The van der Waals surface area contributed by atoms with Gasteiger partial charge in [-0.3, -0.25) is 14.5 Å². The third kappa shape index (κ3) is 3.28. The molecule has 170 valence electrons. The topological polar surface area (TPSA) is 120 Å². The van der Waals surface area contributed by atoms with E-state index in [4.69, 9.17) is 10.5 Å². The van der Waals surface area contributed by atoms with Crippen LogP contribution in [-0.2, 0) is 14.3 Å². The Labute approximate surface area is 183 Å². The molecule has 0 spiro atoms. The highest BCUT2D eigenvalue weighted by atomic mass is 16.6. The van der Waals surface area contributed by atoms with Crippen molar-refractivity contribution in [3.63, 3.8) is 0 Å². The molecule has 1 saturated heterocycles. The predicted octanol–water partition coefficient (Wildman–Crippen LogP) is 0.631. The van der Waals surface area contributed by atoms with Crippen LogP contribution in [0.1, 0.15) is 51.4 Å². The zero-order valence-corrected chi connectivity index (χ0v) is 18.5. The molecular formula is C23H34N4O4. The average Bonchev–Trinajstić information content (AvgIpc) is 3.35. The van der Waals surface area contributed by atoms with Gasteiger partial charge in [0.25, 0.3) is 0 Å². The van der Waals surface area contributed by atoms with Crippen molar-refractivity contribution in [1.29, 1.82) is 5.26 Å². The lowest BCUT2D eigenvalue weighted by molar-refractivity contribution is -0.210. The molecule has 0 aromatic rings. The van der Waals surface area contributed by atoms with Crippen LogP contribution >= 0.6 is 0 Å². The summed E-state index contributed by atoms with van der Waals surface area (Å²) in [5, 5.41) is 19.2. The number of fused-ring (bicyclic) bond motifs is 1. The average molecular weight is 431 g/mol. The zero-order chi connectivity index (χ0) is 22.1. The van der Waals surface area contributed by atoms with E-state index in [0.29, 0.717) is 24.2 Å². The van der Waals surface area contributed by atoms with Gasteiger partial charge in [-0.2, -0.15) is 5.26 Å². The van der Waals surface area contributed by atoms with Gasteiger partial charge in [-0.1, -0.05) is 0 Å². The Morgan fingerprint density at radius 1 is 1.23 bits per heavy atom. The van der Waals surface area contributed by atoms with Crippen molar-refractivity contribution >= 4 is 11.9 Å². The van der Waals surface area contributed by atoms with E-state index in [2.05, 4.69) is 6.07 Å². The fourth-order valence-electron chi connectivity index (χ4n) is 7.77. The number of piperidine rings is 1. The van der Waals surface area contributed by atoms with Gasteiger partial charge in [-0.25, -0.2) is 0 Å². The van der Waals surface area contributed by atoms with Gasteiger partial charge in [0.2, 0.25) is 5.91 Å². The normalized spacial score (nSPS) is 44.0. The molecule has 0 radical (unpaired) electrons. The van der Waals surface area contributed by atoms with Crippen molar-refractivity contribution in [3.05, 3.63) is 0 Å². The summed E-state index contributed by atoms with van der Waals surface area (Å²) in [6.45, 7) is -0.287. The van der Waals surface area contributed by atoms with Crippen molar-refractivity contribution < 1.29 is 19.4 Å². The number of amides is 1. The number of hydrogen-bond donors (Lipinski definition) is 2. The first-order valence-electron chi connectivity index (χ1n) is 11.7. The molecule has 8 heteroatoms. The molecule has 5 saturated carbocycles. The summed E-state index contributed by atoms with van der Waals surface area (Å²) in [6.07, 6.45) is 6.90. The molecule has 1 amide bonds. The number of rotatable bonds is 6. The largest absolute Gasteiger partial charge is 0.458 e. The molecule has 7 atom stereocenters. The van der Waals surface area contributed by atoms with Gasteiger partial charge >= 0.3 is 5.97 Å². The Morgan fingerprint density at radius 2 is 1.90 bits per heavy atom. The lowest BCUT2D eigenvalue weighted by Gasteiger charge is -2.62. The second kappa shape index (κ2) is 7.16. The monoisotopic (exact) mass is 430 g/mol. The van der Waals surface area contributed by atoms with Gasteiger partial charge in [0.15, 0.2) is 0 Å². The number of nitrogens with zero attached hydrogens (tertiary/aromatic N) is 3. The van der Waals surface area contributed by atoms with Crippen molar-refractivity contribution in [3.8, 4) is 6.07 Å². The van der Waals surface area contributed by atoms with Crippen LogP contribution in [0.15, 0.2) is 0 Å². The molecular weight excluding hydrogens is 396 g/mol. The van der Waals surface area contributed by atoms with E-state index in [9.17, 15) is 20.0 Å². The van der Waals surface area contributed by atoms with Crippen LogP contribution in [0.3, 0.4) is 0 Å². The van der Waals surface area contributed by atoms with Crippen LogP contribution in [0.5, 0.6) is 0 Å². The molecule has 5 aliphatic carbocycles. The summed E-state index contributed by atoms with van der Waals surface area (Å²) in [5.41, 5.74) is 5.76. The van der Waals surface area contributed by atoms with Crippen LogP contribution in [0.4, 0.5) is 0 Å². The fraction of sp³-hybridized carbons (Fsp3) is 0.870. The first-order valence-corrected chi connectivity index (χ1v) is 11.7. The standard InChI is InChI=1S/C23H34N4O4/c1-26(2)18(11-28)21(30)31-23-8-13-3-14(9-23)7-22(6-13,12-23)19(25)20(29)27-16(10-24)4-15-5-17(15)27/h13-19,28H,3-9,11-12,25H2,1-2H3/t13?,14?,15-,16+,17+,18+,19-,22?,23?/m1/s1. The maximum Gasteiger partial charge on any atom is 0.326 e. The number of esters is 1. The summed E-state index contributed by atoms with van der Waals surface area (Å²) >= 11 is 0. The Bertz CT molecular complexity index is 809. The molecule has 6 fully saturated rings. The number of nitrogens with two attached hydrogens (primary N) is 1. The first-order chi connectivity index (χ1) is 14.7. The second-order valence-electron chi connectivity index (χ2n) is 11.3. The first kappa shape index (κ1) is 21.2. The van der Waals surface area contributed by atoms with E-state index in [1.54, 1.807) is 23.9 Å². The van der Waals surface area contributed by atoms with Crippen LogP contribution < -0.4 is 5.73 Å². The van der Waals surface area contributed by atoms with Crippen LogP contribution in [0, 0.1) is 34.5 Å². The molecule has 1 heterocycles. The number of hydrogen-bond acceptors (Lipinski definition) is 7. The van der Waals surface area contributed by atoms with Gasteiger partial charge in [0, 0.05) is 6.04 Å². The Morgan fingerprint density at radius 3 is 2.48 bits per heavy atom. The number of ether oxygens (including phenoxy) is 1. The quantitative estimate of drug-likeness (QED) is 0.593. The van der Waals surface area contributed by atoms with Gasteiger partial charge in [-0.05, 0) is 88.6 Å². The minimum atomic E-state index is -0.688. The van der Waals surface area contributed by atoms with Gasteiger partial charge in [0.05, 0.1) is 18.7 Å². The molecule has 3 N–H and O–H groups in total. The number of likely N-dealkylation sites (tertiary alicyclic amines) is 1. The maximum atomic E-state index is 13.5. The number of carbonyl (C=O) groups excluding carboxylic acids is 2. The summed E-state index contributed by atoms with van der Waals surface area (Å²) in [7, 11) is 3.51. The van der Waals surface area contributed by atoms with E-state index >= 15 is 0 Å². The van der Waals surface area contributed by atoms with Crippen molar-refractivity contribution in [2.45, 2.75) is 81.1 Å². The van der Waals surface area contributed by atoms with E-state index < -0.39 is 23.7 Å². The SMILES string of the molecule is CN(C)[C@@H](CO)C(=O)OC12CC3CC(C1)CC([C@H](N)C(=O)N1[C@H](C#N)C[C@@H]4C[C@@H]41)(C3)C2. The summed E-state index contributed by atoms with van der Waals surface area (Å²) < 4.78 is 6.14. The van der Waals surface area contributed by atoms with Gasteiger partial charge in [0.1, 0.15) is 17.7 Å². The molecule has 2 unspecified atom stereocenters. The minimum Gasteiger partial charge on any atom is -0.458 e. The summed E-state index contributed by atoms with van der Waals surface area (Å²) in [6, 6.07) is 0.789. The van der Waals surface area contributed by atoms with E-state index in [1.165, 1.54) is 0 Å². The highest BCUT2D eigenvalue weighted by Crippen LogP contribution is 2.64. The van der Waals surface area contributed by atoms with Crippen LogP contribution in [0.25, 0.3) is 0 Å². The highest BCUT2D eigenvalue weighted by molar-refractivity contribution is 5.84. The number of aliphatic hydroxyl groups excluding tert-OH is 1. The van der Waals surface area contributed by atoms with Crippen LogP contribution in [-0.4, -0.2) is 77.3 Å². The molecule has 31 heavy (non-hydrogen) atoms. The second-order valence-corrected chi connectivity index (χ2v) is 11.3. The van der Waals surface area contributed by atoms with Crippen molar-refractivity contribution in [2.75, 3.05) is 20.7 Å². The van der Waals surface area contributed by atoms with Gasteiger partial charge in [-0.15, -0.1) is 0 Å². The van der Waals surface area contributed by atoms with Crippen molar-refractivity contribution in [2.24, 2.45) is 28.9 Å². The highest BCUT2D eigenvalue weighted by Gasteiger charge is 2.64. The third-order valence-electron chi connectivity index (χ3n) is 8.87. The minimum absolute atomic E-state index is 0.0819. The number of carbonyl (C=O) groups is 2. The number of likely N-dealkylation sites (N-methyl/N-ethyl adjacent to an activating group) is 1. The van der Waals surface area contributed by atoms with Gasteiger partial charge < -0.3 is 20.5 Å². The Balaban J connectivity index is 1.38. The maximum absolute atomic E-state index is 13.5. The number of aliphatic hydroxyl groups is 1. The molecule has 8 nitrogen and oxygen atoms in total. The summed E-state index contributed by atoms with van der Waals surface area (Å²) in [5.74, 6) is 0.791. The molecule has 1 aliphatic heterocycles. The van der Waals surface area contributed by atoms with E-state index in [1.807, 2.05) is 0 Å². The smallest absolute Gasteiger partial charge is 0.326 e. The summed E-state index contributed by atoms with van der Waals surface area (Å²) in [4.78, 5) is 29.9.